The molecule has 7 heteroatoms. The van der Waals surface area contributed by atoms with Gasteiger partial charge in [-0.15, -0.1) is 0 Å². The molecule has 0 radical (unpaired) electrons. The molecule has 0 fully saturated rings. The minimum atomic E-state index is -0.255. The van der Waals surface area contributed by atoms with Crippen molar-refractivity contribution >= 4 is 5.96 Å². The number of hydrogen-bond donors (Lipinski definition) is 2. The van der Waals surface area contributed by atoms with Gasteiger partial charge in [-0.1, -0.05) is 0 Å². The third-order valence-electron chi connectivity index (χ3n) is 3.73. The van der Waals surface area contributed by atoms with Crippen LogP contribution in [0.15, 0.2) is 64.3 Å². The number of halogens is 1. The highest BCUT2D eigenvalue weighted by atomic mass is 19.1. The van der Waals surface area contributed by atoms with Crippen LogP contribution in [0.1, 0.15) is 18.4 Å². The number of benzene rings is 1. The van der Waals surface area contributed by atoms with E-state index in [9.17, 15) is 4.39 Å². The molecule has 2 aromatic heterocycles. The largest absolute Gasteiger partial charge is 0.467 e. The molecule has 0 aliphatic carbocycles. The zero-order valence-electron chi connectivity index (χ0n) is 14.7. The maximum atomic E-state index is 13.0. The minimum Gasteiger partial charge on any atom is -0.467 e. The summed E-state index contributed by atoms with van der Waals surface area (Å²) in [4.78, 5) is 4.49. The number of rotatable bonds is 7. The van der Waals surface area contributed by atoms with Crippen LogP contribution in [0.5, 0.6) is 0 Å². The fraction of sp³-hybridized carbons (Fsp3) is 0.263. The zero-order valence-corrected chi connectivity index (χ0v) is 14.7. The average molecular weight is 355 g/mol. The van der Waals surface area contributed by atoms with Crippen molar-refractivity contribution in [1.29, 1.82) is 0 Å². The number of furan rings is 1. The van der Waals surface area contributed by atoms with Crippen LogP contribution < -0.4 is 10.6 Å². The molecule has 0 amide bonds. The molecule has 0 saturated carbocycles. The van der Waals surface area contributed by atoms with Gasteiger partial charge >= 0.3 is 0 Å². The van der Waals surface area contributed by atoms with Gasteiger partial charge in [0.15, 0.2) is 5.96 Å². The topological polar surface area (TPSA) is 67.4 Å². The SMILES string of the molecule is CCNC(=NCc1ccco1)NCCc1ccn(-c2ccc(F)cc2)n1. The van der Waals surface area contributed by atoms with Crippen LogP contribution in [0.3, 0.4) is 0 Å². The smallest absolute Gasteiger partial charge is 0.191 e. The highest BCUT2D eigenvalue weighted by molar-refractivity contribution is 5.79. The maximum absolute atomic E-state index is 13.0. The van der Waals surface area contributed by atoms with E-state index in [1.54, 1.807) is 23.1 Å². The second-order valence-electron chi connectivity index (χ2n) is 5.68. The van der Waals surface area contributed by atoms with Gasteiger partial charge in [-0.2, -0.15) is 5.10 Å². The predicted molar refractivity (Wildman–Crippen MR) is 98.8 cm³/mol. The van der Waals surface area contributed by atoms with Crippen LogP contribution in [-0.2, 0) is 13.0 Å². The summed E-state index contributed by atoms with van der Waals surface area (Å²) in [5, 5.41) is 11.0. The molecular weight excluding hydrogens is 333 g/mol. The van der Waals surface area contributed by atoms with Crippen LogP contribution in [0.25, 0.3) is 5.69 Å². The summed E-state index contributed by atoms with van der Waals surface area (Å²) in [5.41, 5.74) is 1.78. The van der Waals surface area contributed by atoms with E-state index in [1.165, 1.54) is 12.1 Å². The lowest BCUT2D eigenvalue weighted by molar-refractivity contribution is 0.512. The molecule has 0 aliphatic heterocycles. The molecule has 136 valence electrons. The number of hydrogen-bond acceptors (Lipinski definition) is 3. The molecule has 6 nitrogen and oxygen atoms in total. The first-order valence-electron chi connectivity index (χ1n) is 8.59. The van der Waals surface area contributed by atoms with Gasteiger partial charge in [0.25, 0.3) is 0 Å². The van der Waals surface area contributed by atoms with Gasteiger partial charge in [-0.25, -0.2) is 14.1 Å². The molecule has 0 unspecified atom stereocenters. The van der Waals surface area contributed by atoms with Gasteiger partial charge in [0.2, 0.25) is 0 Å². The predicted octanol–water partition coefficient (Wildman–Crippen LogP) is 2.90. The summed E-state index contributed by atoms with van der Waals surface area (Å²) >= 11 is 0. The first-order chi connectivity index (χ1) is 12.7. The molecule has 2 heterocycles. The quantitative estimate of drug-likeness (QED) is 0.505. The van der Waals surface area contributed by atoms with Gasteiger partial charge in [-0.3, -0.25) is 0 Å². The fourth-order valence-corrected chi connectivity index (χ4v) is 2.44. The van der Waals surface area contributed by atoms with Gasteiger partial charge in [0.05, 0.1) is 17.6 Å². The van der Waals surface area contributed by atoms with Crippen molar-refractivity contribution in [3.8, 4) is 5.69 Å². The van der Waals surface area contributed by atoms with Crippen LogP contribution >= 0.6 is 0 Å². The summed E-state index contributed by atoms with van der Waals surface area (Å²) in [6, 6.07) is 12.0. The van der Waals surface area contributed by atoms with Crippen molar-refractivity contribution in [3.05, 3.63) is 72.2 Å². The summed E-state index contributed by atoms with van der Waals surface area (Å²) in [5.74, 6) is 1.30. The van der Waals surface area contributed by atoms with E-state index in [1.807, 2.05) is 31.3 Å². The molecule has 3 rings (SSSR count). The highest BCUT2D eigenvalue weighted by Gasteiger charge is 2.03. The maximum Gasteiger partial charge on any atom is 0.191 e. The Kier molecular flexibility index (Phi) is 6.03. The van der Waals surface area contributed by atoms with Crippen molar-refractivity contribution in [2.45, 2.75) is 19.9 Å². The molecule has 2 N–H and O–H groups in total. The van der Waals surface area contributed by atoms with E-state index in [-0.39, 0.29) is 5.82 Å². The standard InChI is InChI=1S/C19H22FN5O/c1-2-21-19(23-14-18-4-3-13-26-18)22-11-9-16-10-12-25(24-16)17-7-5-15(20)6-8-17/h3-8,10,12-13H,2,9,11,14H2,1H3,(H2,21,22,23). The number of nitrogens with one attached hydrogen (secondary N) is 2. The monoisotopic (exact) mass is 355 g/mol. The lowest BCUT2D eigenvalue weighted by Crippen LogP contribution is -2.38. The van der Waals surface area contributed by atoms with Crippen LogP contribution in [0, 0.1) is 5.82 Å². The lowest BCUT2D eigenvalue weighted by Gasteiger charge is -2.10. The molecule has 0 atom stereocenters. The second kappa shape index (κ2) is 8.84. The molecule has 0 bridgehead atoms. The fourth-order valence-electron chi connectivity index (χ4n) is 2.44. The summed E-state index contributed by atoms with van der Waals surface area (Å²) in [6.45, 7) is 3.99. The Morgan fingerprint density at radius 3 is 2.77 bits per heavy atom. The number of aliphatic imine (C=N–C) groups is 1. The molecule has 3 aromatic rings. The normalized spacial score (nSPS) is 11.5. The van der Waals surface area contributed by atoms with E-state index in [0.717, 1.165) is 36.1 Å². The van der Waals surface area contributed by atoms with E-state index >= 15 is 0 Å². The van der Waals surface area contributed by atoms with Crippen LogP contribution in [0.4, 0.5) is 4.39 Å². The first-order valence-corrected chi connectivity index (χ1v) is 8.59. The molecule has 1 aromatic carbocycles. The second-order valence-corrected chi connectivity index (χ2v) is 5.68. The Bertz CT molecular complexity index is 824. The van der Waals surface area contributed by atoms with Gasteiger partial charge in [0, 0.05) is 25.7 Å². The Hall–Kier alpha value is -3.09. The first kappa shape index (κ1) is 17.7. The number of guanidine groups is 1. The van der Waals surface area contributed by atoms with Crippen molar-refractivity contribution in [2.24, 2.45) is 4.99 Å². The molecule has 0 saturated heterocycles. The minimum absolute atomic E-state index is 0.255. The van der Waals surface area contributed by atoms with E-state index < -0.39 is 0 Å². The lowest BCUT2D eigenvalue weighted by atomic mass is 10.3. The third-order valence-corrected chi connectivity index (χ3v) is 3.73. The van der Waals surface area contributed by atoms with Crippen molar-refractivity contribution < 1.29 is 8.81 Å². The third kappa shape index (κ3) is 4.95. The van der Waals surface area contributed by atoms with Gasteiger partial charge in [0.1, 0.15) is 18.1 Å². The Morgan fingerprint density at radius 2 is 2.04 bits per heavy atom. The van der Waals surface area contributed by atoms with Gasteiger partial charge < -0.3 is 15.1 Å². The van der Waals surface area contributed by atoms with Crippen LogP contribution in [-0.4, -0.2) is 28.8 Å². The van der Waals surface area contributed by atoms with Crippen molar-refractivity contribution in [2.75, 3.05) is 13.1 Å². The summed E-state index contributed by atoms with van der Waals surface area (Å²) in [6.07, 6.45) is 4.26. The number of nitrogens with zero attached hydrogens (tertiary/aromatic N) is 3. The number of aromatic nitrogens is 2. The van der Waals surface area contributed by atoms with Crippen molar-refractivity contribution in [3.63, 3.8) is 0 Å². The Morgan fingerprint density at radius 1 is 1.19 bits per heavy atom. The Labute approximate surface area is 151 Å². The molecular formula is C19H22FN5O. The van der Waals surface area contributed by atoms with E-state index in [4.69, 9.17) is 4.42 Å². The molecule has 26 heavy (non-hydrogen) atoms. The molecule has 0 aliphatic rings. The van der Waals surface area contributed by atoms with E-state index in [2.05, 4.69) is 20.7 Å². The highest BCUT2D eigenvalue weighted by Crippen LogP contribution is 2.09. The zero-order chi connectivity index (χ0) is 18.2. The average Bonchev–Trinajstić information content (AvgIpc) is 3.32. The Balaban J connectivity index is 1.53. The summed E-state index contributed by atoms with van der Waals surface area (Å²) < 4.78 is 20.0. The van der Waals surface area contributed by atoms with E-state index in [0.29, 0.717) is 13.1 Å². The summed E-state index contributed by atoms with van der Waals surface area (Å²) in [7, 11) is 0. The van der Waals surface area contributed by atoms with Crippen LogP contribution in [0.2, 0.25) is 0 Å². The van der Waals surface area contributed by atoms with Gasteiger partial charge in [-0.05, 0) is 49.4 Å². The van der Waals surface area contributed by atoms with Crippen molar-refractivity contribution in [1.82, 2.24) is 20.4 Å². The molecule has 0 spiro atoms.